The van der Waals surface area contributed by atoms with Gasteiger partial charge in [0.05, 0.1) is 0 Å². The molecule has 0 saturated carbocycles. The number of rotatable bonds is 6. The highest BCUT2D eigenvalue weighted by Gasteiger charge is 2.13. The normalized spacial score (nSPS) is 11.6. The Kier molecular flexibility index (Phi) is 5.37. The molecule has 0 aliphatic heterocycles. The Morgan fingerprint density at radius 2 is 2.14 bits per heavy atom. The molecule has 0 radical (unpaired) electrons. The number of thiophene rings is 1. The van der Waals surface area contributed by atoms with Crippen LogP contribution in [0.4, 0.5) is 0 Å². The van der Waals surface area contributed by atoms with E-state index in [1.165, 1.54) is 22.2 Å². The molecule has 0 amide bonds. The highest BCUT2D eigenvalue weighted by atomic mass is 32.2. The number of nitrogens with zero attached hydrogens (tertiary/aromatic N) is 2. The van der Waals surface area contributed by atoms with Crippen LogP contribution in [0.2, 0.25) is 0 Å². The van der Waals surface area contributed by atoms with Gasteiger partial charge in [0.1, 0.15) is 11.4 Å². The first-order valence-corrected chi connectivity index (χ1v) is 11.0. The maximum absolute atomic E-state index is 12.0. The Balaban J connectivity index is 1.58. The maximum atomic E-state index is 12.0. The number of aryl methyl sites for hydroxylation is 1. The van der Waals surface area contributed by atoms with Crippen molar-refractivity contribution in [1.82, 2.24) is 15.2 Å². The summed E-state index contributed by atoms with van der Waals surface area (Å²) in [6.07, 6.45) is 0.750. The van der Waals surface area contributed by atoms with Crippen molar-refractivity contribution >= 4 is 34.1 Å². The van der Waals surface area contributed by atoms with Crippen molar-refractivity contribution in [2.24, 2.45) is 0 Å². The molecular weight excluding hydrogens is 390 g/mol. The predicted molar refractivity (Wildman–Crippen MR) is 114 cm³/mol. The molecule has 144 valence electrons. The summed E-state index contributed by atoms with van der Waals surface area (Å²) in [6, 6.07) is 9.81. The van der Waals surface area contributed by atoms with Gasteiger partial charge in [-0.05, 0) is 53.1 Å². The van der Waals surface area contributed by atoms with E-state index in [4.69, 9.17) is 4.42 Å². The molecule has 0 fully saturated rings. The van der Waals surface area contributed by atoms with Crippen molar-refractivity contribution in [3.05, 3.63) is 73.5 Å². The van der Waals surface area contributed by atoms with Gasteiger partial charge in [-0.25, -0.2) is 9.78 Å². The van der Waals surface area contributed by atoms with Crippen molar-refractivity contribution in [3.8, 4) is 0 Å². The molecule has 1 N–H and O–H groups in total. The van der Waals surface area contributed by atoms with Crippen molar-refractivity contribution in [2.45, 2.75) is 44.0 Å². The van der Waals surface area contributed by atoms with Crippen molar-refractivity contribution < 1.29 is 4.42 Å². The molecule has 0 atom stereocenters. The number of H-pyrrole nitrogens is 1. The zero-order chi connectivity index (χ0) is 19.7. The third-order valence-electron chi connectivity index (χ3n) is 4.63. The summed E-state index contributed by atoms with van der Waals surface area (Å²) in [5.74, 6) is 1.86. The molecule has 0 aliphatic carbocycles. The molecule has 3 heterocycles. The fourth-order valence-electron chi connectivity index (χ4n) is 3.27. The van der Waals surface area contributed by atoms with Crippen LogP contribution in [0.15, 0.2) is 50.1 Å². The van der Waals surface area contributed by atoms with Gasteiger partial charge in [-0.1, -0.05) is 31.7 Å². The SMILES string of the molecule is Cc1cc2oc(=O)cc(CSc3n[nH]c(Cc4cccs4)n3)c2cc1C(C)C. The van der Waals surface area contributed by atoms with Crippen LogP contribution in [0.25, 0.3) is 11.0 Å². The van der Waals surface area contributed by atoms with E-state index in [1.54, 1.807) is 17.4 Å². The Morgan fingerprint density at radius 3 is 2.89 bits per heavy atom. The van der Waals surface area contributed by atoms with Gasteiger partial charge in [-0.2, -0.15) is 0 Å². The van der Waals surface area contributed by atoms with E-state index < -0.39 is 0 Å². The molecule has 5 nitrogen and oxygen atoms in total. The minimum absolute atomic E-state index is 0.326. The predicted octanol–water partition coefficient (Wildman–Crippen LogP) is 5.29. The Bertz CT molecular complexity index is 1160. The minimum Gasteiger partial charge on any atom is -0.423 e. The number of hydrogen-bond acceptors (Lipinski definition) is 6. The lowest BCUT2D eigenvalue weighted by Gasteiger charge is -2.12. The van der Waals surface area contributed by atoms with E-state index >= 15 is 0 Å². The second-order valence-corrected chi connectivity index (χ2v) is 9.03. The molecule has 0 unspecified atom stereocenters. The summed E-state index contributed by atoms with van der Waals surface area (Å²) in [4.78, 5) is 17.8. The van der Waals surface area contributed by atoms with Crippen molar-refractivity contribution in [1.29, 1.82) is 0 Å². The van der Waals surface area contributed by atoms with E-state index in [9.17, 15) is 4.79 Å². The van der Waals surface area contributed by atoms with E-state index in [0.29, 0.717) is 22.4 Å². The van der Waals surface area contributed by atoms with Crippen LogP contribution in [0.5, 0.6) is 0 Å². The molecule has 7 heteroatoms. The summed E-state index contributed by atoms with van der Waals surface area (Å²) in [5.41, 5.74) is 3.67. The first-order valence-electron chi connectivity index (χ1n) is 9.13. The molecule has 3 aromatic heterocycles. The van der Waals surface area contributed by atoms with Crippen LogP contribution >= 0.6 is 23.1 Å². The van der Waals surface area contributed by atoms with Crippen molar-refractivity contribution in [2.75, 3.05) is 0 Å². The molecule has 0 aliphatic rings. The molecule has 1 aromatic carbocycles. The molecule has 0 bridgehead atoms. The fraction of sp³-hybridized carbons (Fsp3) is 0.286. The van der Waals surface area contributed by atoms with Crippen molar-refractivity contribution in [3.63, 3.8) is 0 Å². The van der Waals surface area contributed by atoms with Gasteiger partial charge in [0.25, 0.3) is 0 Å². The lowest BCUT2D eigenvalue weighted by Crippen LogP contribution is -2.02. The average molecular weight is 412 g/mol. The Labute approximate surface area is 171 Å². The van der Waals surface area contributed by atoms with Gasteiger partial charge in [-0.3, -0.25) is 5.10 Å². The highest BCUT2D eigenvalue weighted by molar-refractivity contribution is 7.98. The first-order chi connectivity index (χ1) is 13.5. The van der Waals surface area contributed by atoms with E-state index in [0.717, 1.165) is 28.8 Å². The van der Waals surface area contributed by atoms with Crippen LogP contribution in [0.3, 0.4) is 0 Å². The molecule has 0 spiro atoms. The lowest BCUT2D eigenvalue weighted by atomic mass is 9.95. The van der Waals surface area contributed by atoms with Gasteiger partial charge < -0.3 is 4.42 Å². The minimum atomic E-state index is -0.326. The highest BCUT2D eigenvalue weighted by Crippen LogP contribution is 2.29. The zero-order valence-corrected chi connectivity index (χ0v) is 17.6. The first kappa shape index (κ1) is 19.0. The van der Waals surface area contributed by atoms with E-state index in [-0.39, 0.29) is 5.63 Å². The third kappa shape index (κ3) is 4.05. The lowest BCUT2D eigenvalue weighted by molar-refractivity contribution is 0.559. The number of fused-ring (bicyclic) bond motifs is 1. The fourth-order valence-corrected chi connectivity index (χ4v) is 4.79. The summed E-state index contributed by atoms with van der Waals surface area (Å²) in [5, 5.41) is 11.0. The number of thioether (sulfide) groups is 1. The van der Waals surface area contributed by atoms with Crippen LogP contribution in [0.1, 0.15) is 47.2 Å². The van der Waals surface area contributed by atoms with Crippen LogP contribution in [0, 0.1) is 6.92 Å². The van der Waals surface area contributed by atoms with Crippen LogP contribution < -0.4 is 5.63 Å². The number of aromatic amines is 1. The number of hydrogen-bond donors (Lipinski definition) is 1. The van der Waals surface area contributed by atoms with E-state index in [2.05, 4.69) is 53.5 Å². The summed E-state index contributed by atoms with van der Waals surface area (Å²) in [6.45, 7) is 6.40. The van der Waals surface area contributed by atoms with Gasteiger partial charge in [0.2, 0.25) is 5.16 Å². The van der Waals surface area contributed by atoms with Gasteiger partial charge in [-0.15, -0.1) is 16.4 Å². The number of nitrogens with one attached hydrogen (secondary N) is 1. The monoisotopic (exact) mass is 411 g/mol. The van der Waals surface area contributed by atoms with E-state index in [1.807, 2.05) is 12.1 Å². The third-order valence-corrected chi connectivity index (χ3v) is 6.40. The number of benzene rings is 1. The second kappa shape index (κ2) is 7.93. The average Bonchev–Trinajstić information content (AvgIpc) is 3.31. The smallest absolute Gasteiger partial charge is 0.336 e. The molecular formula is C21H21N3O2S2. The molecule has 4 rings (SSSR count). The topological polar surface area (TPSA) is 71.8 Å². The van der Waals surface area contributed by atoms with Gasteiger partial charge in [0.15, 0.2) is 0 Å². The van der Waals surface area contributed by atoms with Crippen LogP contribution in [-0.4, -0.2) is 15.2 Å². The molecule has 4 aromatic rings. The van der Waals surface area contributed by atoms with Gasteiger partial charge in [0, 0.05) is 28.5 Å². The van der Waals surface area contributed by atoms with Crippen LogP contribution in [-0.2, 0) is 12.2 Å². The maximum Gasteiger partial charge on any atom is 0.336 e. The summed E-state index contributed by atoms with van der Waals surface area (Å²) < 4.78 is 5.43. The zero-order valence-electron chi connectivity index (χ0n) is 16.0. The number of aromatic nitrogens is 3. The Hall–Kier alpha value is -2.38. The standard InChI is InChI=1S/C21H21N3O2S2/c1-12(2)16-10-17-14(8-20(25)26-18(17)7-13(16)3)11-28-21-22-19(23-24-21)9-15-5-4-6-27-15/h4-8,10,12H,9,11H2,1-3H3,(H,22,23,24). The summed E-state index contributed by atoms with van der Waals surface area (Å²) >= 11 is 3.22. The summed E-state index contributed by atoms with van der Waals surface area (Å²) in [7, 11) is 0. The Morgan fingerprint density at radius 1 is 1.29 bits per heavy atom. The van der Waals surface area contributed by atoms with Gasteiger partial charge >= 0.3 is 5.63 Å². The molecule has 28 heavy (non-hydrogen) atoms. The quantitative estimate of drug-likeness (QED) is 0.345. The molecule has 0 saturated heterocycles. The second-order valence-electron chi connectivity index (χ2n) is 7.06. The largest absolute Gasteiger partial charge is 0.423 e.